The Labute approximate surface area is 116 Å². The van der Waals surface area contributed by atoms with Gasteiger partial charge in [-0.15, -0.1) is 0 Å². The molecule has 0 unspecified atom stereocenters. The minimum Gasteiger partial charge on any atom is -0.486 e. The second-order valence-electron chi connectivity index (χ2n) is 4.86. The van der Waals surface area contributed by atoms with E-state index in [-0.39, 0.29) is 0 Å². The number of fused-ring (bicyclic) bond motifs is 2. The smallest absolute Gasteiger partial charge is 0.161 e. The van der Waals surface area contributed by atoms with E-state index in [1.54, 1.807) is 0 Å². The summed E-state index contributed by atoms with van der Waals surface area (Å²) in [5.41, 5.74) is 9.97. The van der Waals surface area contributed by atoms with E-state index in [1.807, 2.05) is 30.5 Å². The molecule has 4 rings (SSSR count). The summed E-state index contributed by atoms with van der Waals surface area (Å²) < 4.78 is 11.2. The van der Waals surface area contributed by atoms with Crippen molar-refractivity contribution in [3.63, 3.8) is 0 Å². The van der Waals surface area contributed by atoms with Gasteiger partial charge in [-0.3, -0.25) is 0 Å². The second-order valence-corrected chi connectivity index (χ2v) is 4.86. The highest BCUT2D eigenvalue weighted by molar-refractivity contribution is 5.94. The minimum atomic E-state index is 0.597. The molecule has 0 bridgehead atoms. The zero-order valence-corrected chi connectivity index (χ0v) is 10.8. The van der Waals surface area contributed by atoms with Gasteiger partial charge in [0, 0.05) is 17.1 Å². The van der Waals surface area contributed by atoms with Gasteiger partial charge < -0.3 is 20.2 Å². The Bertz CT molecular complexity index is 792. The molecule has 0 aliphatic carbocycles. The van der Waals surface area contributed by atoms with Gasteiger partial charge in [-0.2, -0.15) is 0 Å². The maximum absolute atomic E-state index is 5.96. The Morgan fingerprint density at radius 2 is 1.65 bits per heavy atom. The monoisotopic (exact) mass is 266 g/mol. The topological polar surface area (TPSA) is 60.3 Å². The Morgan fingerprint density at radius 3 is 2.55 bits per heavy atom. The lowest BCUT2D eigenvalue weighted by Crippen LogP contribution is -2.15. The molecule has 3 aromatic rings. The number of benzene rings is 2. The van der Waals surface area contributed by atoms with Gasteiger partial charge in [0.05, 0.1) is 5.69 Å². The third kappa shape index (κ3) is 1.69. The molecule has 1 aromatic heterocycles. The number of nitrogens with one attached hydrogen (secondary N) is 1. The van der Waals surface area contributed by atoms with E-state index >= 15 is 0 Å². The third-order valence-electron chi connectivity index (χ3n) is 3.59. The zero-order valence-electron chi connectivity index (χ0n) is 10.8. The van der Waals surface area contributed by atoms with E-state index in [4.69, 9.17) is 15.2 Å². The molecule has 4 heteroatoms. The van der Waals surface area contributed by atoms with Crippen LogP contribution in [0.25, 0.3) is 22.0 Å². The van der Waals surface area contributed by atoms with Crippen molar-refractivity contribution < 1.29 is 9.47 Å². The summed E-state index contributed by atoms with van der Waals surface area (Å²) in [5.74, 6) is 1.61. The third-order valence-corrected chi connectivity index (χ3v) is 3.59. The summed E-state index contributed by atoms with van der Waals surface area (Å²) in [6.07, 6.45) is 1.82. The van der Waals surface area contributed by atoms with Crippen LogP contribution in [0.5, 0.6) is 11.5 Å². The van der Waals surface area contributed by atoms with Crippen molar-refractivity contribution in [3.8, 4) is 22.6 Å². The van der Waals surface area contributed by atoms with Crippen molar-refractivity contribution in [2.45, 2.75) is 0 Å². The van der Waals surface area contributed by atoms with Crippen LogP contribution in [0.4, 0.5) is 5.69 Å². The Morgan fingerprint density at radius 1 is 0.900 bits per heavy atom. The van der Waals surface area contributed by atoms with Gasteiger partial charge in [0.15, 0.2) is 11.5 Å². The largest absolute Gasteiger partial charge is 0.486 e. The maximum Gasteiger partial charge on any atom is 0.161 e. The van der Waals surface area contributed by atoms with Gasteiger partial charge in [0.2, 0.25) is 0 Å². The van der Waals surface area contributed by atoms with E-state index in [0.29, 0.717) is 13.2 Å². The first-order valence-electron chi connectivity index (χ1n) is 6.58. The molecule has 0 saturated heterocycles. The summed E-state index contributed by atoms with van der Waals surface area (Å²) in [4.78, 5) is 3.15. The molecular formula is C16H14N2O2. The van der Waals surface area contributed by atoms with Crippen molar-refractivity contribution in [1.82, 2.24) is 4.98 Å². The average molecular weight is 266 g/mol. The SMILES string of the molecule is Nc1c[nH]c2ccc(-c3ccc4c(c3)OCCO4)cc12. The van der Waals surface area contributed by atoms with Crippen molar-refractivity contribution in [2.75, 3.05) is 18.9 Å². The quantitative estimate of drug-likeness (QED) is 0.711. The number of aromatic nitrogens is 1. The molecule has 100 valence electrons. The van der Waals surface area contributed by atoms with E-state index in [1.165, 1.54) is 0 Å². The summed E-state index contributed by atoms with van der Waals surface area (Å²) in [7, 11) is 0. The van der Waals surface area contributed by atoms with E-state index < -0.39 is 0 Å². The molecule has 0 saturated carbocycles. The van der Waals surface area contributed by atoms with Crippen LogP contribution in [0.2, 0.25) is 0 Å². The van der Waals surface area contributed by atoms with Crippen LogP contribution in [0.3, 0.4) is 0 Å². The van der Waals surface area contributed by atoms with E-state index in [2.05, 4.69) is 17.1 Å². The predicted molar refractivity (Wildman–Crippen MR) is 79.1 cm³/mol. The summed E-state index contributed by atoms with van der Waals surface area (Å²) >= 11 is 0. The van der Waals surface area contributed by atoms with Crippen LogP contribution in [0, 0.1) is 0 Å². The fraction of sp³-hybridized carbons (Fsp3) is 0.125. The molecule has 1 aliphatic rings. The highest BCUT2D eigenvalue weighted by Gasteiger charge is 2.12. The van der Waals surface area contributed by atoms with Crippen LogP contribution in [0.15, 0.2) is 42.6 Å². The number of rotatable bonds is 1. The zero-order chi connectivity index (χ0) is 13.5. The molecule has 0 amide bonds. The molecule has 0 atom stereocenters. The molecule has 0 radical (unpaired) electrons. The molecule has 0 spiro atoms. The number of hydrogen-bond acceptors (Lipinski definition) is 3. The highest BCUT2D eigenvalue weighted by Crippen LogP contribution is 2.35. The van der Waals surface area contributed by atoms with Crippen molar-refractivity contribution in [2.24, 2.45) is 0 Å². The van der Waals surface area contributed by atoms with E-state index in [0.717, 1.165) is 39.2 Å². The van der Waals surface area contributed by atoms with Crippen molar-refractivity contribution in [3.05, 3.63) is 42.6 Å². The van der Waals surface area contributed by atoms with Gasteiger partial charge in [-0.25, -0.2) is 0 Å². The van der Waals surface area contributed by atoms with Gasteiger partial charge in [0.25, 0.3) is 0 Å². The molecule has 0 fully saturated rings. The van der Waals surface area contributed by atoms with Crippen LogP contribution in [-0.2, 0) is 0 Å². The summed E-state index contributed by atoms with van der Waals surface area (Å²) in [6.45, 7) is 1.21. The van der Waals surface area contributed by atoms with E-state index in [9.17, 15) is 0 Å². The number of aromatic amines is 1. The Balaban J connectivity index is 1.83. The lowest BCUT2D eigenvalue weighted by Gasteiger charge is -2.19. The number of hydrogen-bond donors (Lipinski definition) is 2. The summed E-state index contributed by atoms with van der Waals surface area (Å²) in [5, 5.41) is 1.04. The molecule has 2 aromatic carbocycles. The fourth-order valence-corrected chi connectivity index (χ4v) is 2.54. The predicted octanol–water partition coefficient (Wildman–Crippen LogP) is 3.19. The number of anilines is 1. The first-order chi connectivity index (χ1) is 9.81. The number of ether oxygens (including phenoxy) is 2. The Kier molecular flexibility index (Phi) is 2.36. The molecule has 20 heavy (non-hydrogen) atoms. The standard InChI is InChI=1S/C16H14N2O2/c17-13-9-18-14-3-1-10(7-12(13)14)11-2-4-15-16(8-11)20-6-5-19-15/h1-4,7-9,18H,5-6,17H2. The maximum atomic E-state index is 5.96. The van der Waals surface area contributed by atoms with Crippen LogP contribution < -0.4 is 15.2 Å². The number of H-pyrrole nitrogens is 1. The molecule has 1 aliphatic heterocycles. The first kappa shape index (κ1) is 11.2. The first-order valence-corrected chi connectivity index (χ1v) is 6.58. The molecule has 2 heterocycles. The van der Waals surface area contributed by atoms with Gasteiger partial charge in [-0.1, -0.05) is 12.1 Å². The van der Waals surface area contributed by atoms with Gasteiger partial charge in [-0.05, 0) is 35.4 Å². The highest BCUT2D eigenvalue weighted by atomic mass is 16.6. The van der Waals surface area contributed by atoms with Crippen molar-refractivity contribution >= 4 is 16.6 Å². The molecule has 3 N–H and O–H groups in total. The lowest BCUT2D eigenvalue weighted by atomic mass is 10.0. The molecular weight excluding hydrogens is 252 g/mol. The average Bonchev–Trinajstić information content (AvgIpc) is 2.88. The van der Waals surface area contributed by atoms with Crippen molar-refractivity contribution in [1.29, 1.82) is 0 Å². The fourth-order valence-electron chi connectivity index (χ4n) is 2.54. The number of nitrogens with two attached hydrogens (primary N) is 1. The van der Waals surface area contributed by atoms with Gasteiger partial charge >= 0.3 is 0 Å². The van der Waals surface area contributed by atoms with Gasteiger partial charge in [0.1, 0.15) is 13.2 Å². The molecule has 4 nitrogen and oxygen atoms in total. The minimum absolute atomic E-state index is 0.597. The number of nitrogen functional groups attached to an aromatic ring is 1. The van der Waals surface area contributed by atoms with Crippen LogP contribution in [-0.4, -0.2) is 18.2 Å². The normalized spacial score (nSPS) is 13.6. The lowest BCUT2D eigenvalue weighted by molar-refractivity contribution is 0.171. The summed E-state index contributed by atoms with van der Waals surface area (Å²) in [6, 6.07) is 12.2. The Hall–Kier alpha value is -2.62. The van der Waals surface area contributed by atoms with Crippen LogP contribution >= 0.6 is 0 Å². The van der Waals surface area contributed by atoms with Crippen LogP contribution in [0.1, 0.15) is 0 Å². The second kappa shape index (κ2) is 4.20.